The van der Waals surface area contributed by atoms with Gasteiger partial charge in [0.05, 0.1) is 6.61 Å². The third-order valence-electron chi connectivity index (χ3n) is 3.41. The number of rotatable bonds is 10. The highest BCUT2D eigenvalue weighted by atomic mass is 127. The highest BCUT2D eigenvalue weighted by Gasteiger charge is 2.06. The summed E-state index contributed by atoms with van der Waals surface area (Å²) in [4.78, 5) is 17.7. The number of benzene rings is 1. The number of methoxy groups -OCH3 is 1. The van der Waals surface area contributed by atoms with Crippen LogP contribution in [0.1, 0.15) is 20.3 Å². The van der Waals surface area contributed by atoms with Gasteiger partial charge in [-0.15, -0.1) is 24.0 Å². The van der Waals surface area contributed by atoms with Crippen LogP contribution in [-0.4, -0.2) is 64.3 Å². The number of nitrogens with one attached hydrogen (secondary N) is 2. The second-order valence-electron chi connectivity index (χ2n) is 6.58. The Balaban J connectivity index is 0.00000676. The van der Waals surface area contributed by atoms with Crippen LogP contribution in [0.15, 0.2) is 29.3 Å². The predicted octanol–water partition coefficient (Wildman–Crippen LogP) is 2.82. The number of halogens is 1. The number of amides is 1. The smallest absolute Gasteiger partial charge is 0.243 e. The fourth-order valence-electron chi connectivity index (χ4n) is 1.92. The van der Waals surface area contributed by atoms with Gasteiger partial charge in [-0.1, -0.05) is 19.9 Å². The molecule has 0 spiro atoms. The molecular weight excluding hydrogens is 459 g/mol. The molecule has 1 amide bonds. The second kappa shape index (κ2) is 14.5. The number of aliphatic imine (C=N–C) groups is 1. The minimum absolute atomic E-state index is 0. The molecule has 0 aromatic heterocycles. The van der Waals surface area contributed by atoms with E-state index in [4.69, 9.17) is 9.47 Å². The molecule has 0 saturated carbocycles. The third-order valence-corrected chi connectivity index (χ3v) is 3.41. The number of ether oxygens (including phenoxy) is 2. The van der Waals surface area contributed by atoms with Crippen molar-refractivity contribution in [1.29, 1.82) is 0 Å². The van der Waals surface area contributed by atoms with Crippen LogP contribution in [0, 0.1) is 5.92 Å². The standard InChI is InChI=1S/C19H32N4O3.HI/c1-15(2)13-20-19(21-14-18(24)23(3)4)22-16-8-6-9-17(12-16)26-11-7-10-25-5;/h6,8-9,12,15H,7,10-11,13-14H2,1-5H3,(H2,20,21,22);1H. The summed E-state index contributed by atoms with van der Waals surface area (Å²) >= 11 is 0. The molecular formula is C19H33IN4O3. The Hall–Kier alpha value is -1.55. The molecule has 8 heteroatoms. The molecule has 0 unspecified atom stereocenters. The van der Waals surface area contributed by atoms with Gasteiger partial charge in [-0.3, -0.25) is 4.79 Å². The average molecular weight is 492 g/mol. The zero-order chi connectivity index (χ0) is 19.4. The minimum Gasteiger partial charge on any atom is -0.493 e. The Kier molecular flexibility index (Phi) is 13.7. The fraction of sp³-hybridized carbons (Fsp3) is 0.579. The number of carbonyl (C=O) groups excluding carboxylic acids is 1. The van der Waals surface area contributed by atoms with E-state index >= 15 is 0 Å². The van der Waals surface area contributed by atoms with Crippen molar-refractivity contribution >= 4 is 41.5 Å². The third kappa shape index (κ3) is 11.7. The first-order valence-corrected chi connectivity index (χ1v) is 8.89. The lowest BCUT2D eigenvalue weighted by Crippen LogP contribution is -2.35. The first-order chi connectivity index (χ1) is 12.4. The summed E-state index contributed by atoms with van der Waals surface area (Å²) in [5.74, 6) is 1.76. The lowest BCUT2D eigenvalue weighted by atomic mass is 10.2. The lowest BCUT2D eigenvalue weighted by molar-refractivity contribution is -0.127. The van der Waals surface area contributed by atoms with E-state index in [9.17, 15) is 4.79 Å². The van der Waals surface area contributed by atoms with E-state index < -0.39 is 0 Å². The molecule has 2 N–H and O–H groups in total. The first kappa shape index (κ1) is 25.4. The summed E-state index contributed by atoms with van der Waals surface area (Å²) < 4.78 is 10.7. The van der Waals surface area contributed by atoms with E-state index in [2.05, 4.69) is 29.5 Å². The van der Waals surface area contributed by atoms with Crippen molar-refractivity contribution in [1.82, 2.24) is 10.2 Å². The zero-order valence-electron chi connectivity index (χ0n) is 16.9. The molecule has 0 heterocycles. The van der Waals surface area contributed by atoms with Crippen LogP contribution in [0.4, 0.5) is 5.69 Å². The summed E-state index contributed by atoms with van der Waals surface area (Å²) in [6, 6.07) is 7.67. The van der Waals surface area contributed by atoms with Crippen LogP contribution < -0.4 is 15.4 Å². The molecule has 7 nitrogen and oxygen atoms in total. The van der Waals surface area contributed by atoms with E-state index in [0.717, 1.165) is 24.4 Å². The van der Waals surface area contributed by atoms with Crippen molar-refractivity contribution in [2.75, 3.05) is 52.8 Å². The van der Waals surface area contributed by atoms with Crippen LogP contribution in [-0.2, 0) is 9.53 Å². The van der Waals surface area contributed by atoms with Gasteiger partial charge in [0.15, 0.2) is 5.96 Å². The van der Waals surface area contributed by atoms with E-state index in [1.54, 1.807) is 21.2 Å². The van der Waals surface area contributed by atoms with Gasteiger partial charge >= 0.3 is 0 Å². The number of hydrogen-bond donors (Lipinski definition) is 2. The van der Waals surface area contributed by atoms with Crippen LogP contribution >= 0.6 is 24.0 Å². The second-order valence-corrected chi connectivity index (χ2v) is 6.58. The normalized spacial score (nSPS) is 11.0. The first-order valence-electron chi connectivity index (χ1n) is 8.89. The van der Waals surface area contributed by atoms with Crippen LogP contribution in [0.2, 0.25) is 0 Å². The molecule has 27 heavy (non-hydrogen) atoms. The van der Waals surface area contributed by atoms with Gasteiger partial charge in [0.25, 0.3) is 0 Å². The molecule has 1 aromatic carbocycles. The number of anilines is 1. The maximum Gasteiger partial charge on any atom is 0.243 e. The summed E-state index contributed by atoms with van der Waals surface area (Å²) in [7, 11) is 5.12. The summed E-state index contributed by atoms with van der Waals surface area (Å²) in [6.07, 6.45) is 0.837. The molecule has 0 saturated heterocycles. The largest absolute Gasteiger partial charge is 0.493 e. The predicted molar refractivity (Wildman–Crippen MR) is 121 cm³/mol. The maximum absolute atomic E-state index is 11.8. The number of nitrogens with zero attached hydrogens (tertiary/aromatic N) is 2. The molecule has 0 bridgehead atoms. The summed E-state index contributed by atoms with van der Waals surface area (Å²) in [6.45, 7) is 6.35. The molecule has 0 atom stereocenters. The van der Waals surface area contributed by atoms with E-state index in [1.165, 1.54) is 4.90 Å². The quantitative estimate of drug-likeness (QED) is 0.228. The number of guanidine groups is 1. The number of hydrogen-bond acceptors (Lipinski definition) is 4. The zero-order valence-corrected chi connectivity index (χ0v) is 19.3. The molecule has 0 aliphatic carbocycles. The molecule has 154 valence electrons. The van der Waals surface area contributed by atoms with E-state index in [-0.39, 0.29) is 36.4 Å². The van der Waals surface area contributed by atoms with Gasteiger partial charge in [-0.25, -0.2) is 4.99 Å². The van der Waals surface area contributed by atoms with Crippen molar-refractivity contribution in [3.63, 3.8) is 0 Å². The van der Waals surface area contributed by atoms with E-state index in [1.807, 2.05) is 24.3 Å². The number of likely N-dealkylation sites (N-methyl/N-ethyl adjacent to an activating group) is 1. The van der Waals surface area contributed by atoms with Crippen molar-refractivity contribution < 1.29 is 14.3 Å². The van der Waals surface area contributed by atoms with Crippen molar-refractivity contribution in [2.45, 2.75) is 20.3 Å². The highest BCUT2D eigenvalue weighted by Crippen LogP contribution is 2.17. The molecule has 0 aliphatic heterocycles. The maximum atomic E-state index is 11.8. The molecule has 1 aromatic rings. The van der Waals surface area contributed by atoms with Crippen LogP contribution in [0.25, 0.3) is 0 Å². The van der Waals surface area contributed by atoms with E-state index in [0.29, 0.717) is 25.1 Å². The molecule has 0 fully saturated rings. The SMILES string of the molecule is COCCCOc1cccc(NC(=NCC(=O)N(C)C)NCC(C)C)c1.I. The van der Waals surface area contributed by atoms with Gasteiger partial charge in [-0.2, -0.15) is 0 Å². The van der Waals surface area contributed by atoms with Crippen molar-refractivity contribution in [2.24, 2.45) is 10.9 Å². The topological polar surface area (TPSA) is 75.2 Å². The highest BCUT2D eigenvalue weighted by molar-refractivity contribution is 14.0. The van der Waals surface area contributed by atoms with Gasteiger partial charge in [0, 0.05) is 52.5 Å². The number of carbonyl (C=O) groups is 1. The van der Waals surface area contributed by atoms with Crippen molar-refractivity contribution in [3.05, 3.63) is 24.3 Å². The van der Waals surface area contributed by atoms with Crippen LogP contribution in [0.3, 0.4) is 0 Å². The Morgan fingerprint density at radius 2 is 2.00 bits per heavy atom. The summed E-state index contributed by atoms with van der Waals surface area (Å²) in [5, 5.41) is 6.49. The molecule has 1 rings (SSSR count). The Morgan fingerprint density at radius 1 is 1.26 bits per heavy atom. The average Bonchev–Trinajstić information content (AvgIpc) is 2.61. The van der Waals surface area contributed by atoms with Gasteiger partial charge in [0.2, 0.25) is 5.91 Å². The molecule has 0 aliphatic rings. The fourth-order valence-corrected chi connectivity index (χ4v) is 1.92. The lowest BCUT2D eigenvalue weighted by Gasteiger charge is -2.15. The van der Waals surface area contributed by atoms with Gasteiger partial charge < -0.3 is 25.0 Å². The summed E-state index contributed by atoms with van der Waals surface area (Å²) in [5.41, 5.74) is 0.849. The Bertz CT molecular complexity index is 580. The van der Waals surface area contributed by atoms with Crippen molar-refractivity contribution in [3.8, 4) is 5.75 Å². The minimum atomic E-state index is -0.0501. The van der Waals surface area contributed by atoms with Gasteiger partial charge in [0.1, 0.15) is 12.3 Å². The Labute approximate surface area is 179 Å². The monoisotopic (exact) mass is 492 g/mol. The van der Waals surface area contributed by atoms with Crippen LogP contribution in [0.5, 0.6) is 5.75 Å². The van der Waals surface area contributed by atoms with Gasteiger partial charge in [-0.05, 0) is 18.1 Å². The molecule has 0 radical (unpaired) electrons. The Morgan fingerprint density at radius 3 is 2.63 bits per heavy atom.